The molecule has 0 aliphatic rings. The van der Waals surface area contributed by atoms with Crippen molar-refractivity contribution in [1.29, 1.82) is 0 Å². The molecule has 2 amide bonds. The molecule has 26 heavy (non-hydrogen) atoms. The number of hydrogen-bond donors (Lipinski definition) is 3. The molecule has 2 rings (SSSR count). The molecule has 0 spiro atoms. The number of carbonyl (C=O) groups excluding carboxylic acids is 2. The molecule has 0 radical (unpaired) electrons. The van der Waals surface area contributed by atoms with E-state index in [0.29, 0.717) is 30.1 Å². The number of nitrogens with one attached hydrogen (secondary N) is 2. The first-order chi connectivity index (χ1) is 12.0. The van der Waals surface area contributed by atoms with Crippen molar-refractivity contribution in [3.8, 4) is 5.75 Å². The van der Waals surface area contributed by atoms with Gasteiger partial charge in [-0.05, 0) is 43.7 Å². The van der Waals surface area contributed by atoms with E-state index in [4.69, 9.17) is 10.5 Å². The first kappa shape index (κ1) is 21.5. The Labute approximate surface area is 159 Å². The third-order valence-corrected chi connectivity index (χ3v) is 3.53. The Bertz CT molecular complexity index is 752. The maximum absolute atomic E-state index is 12.4. The molecule has 0 aliphatic heterocycles. The summed E-state index contributed by atoms with van der Waals surface area (Å²) in [5, 5.41) is 5.44. The van der Waals surface area contributed by atoms with E-state index >= 15 is 0 Å². The van der Waals surface area contributed by atoms with Gasteiger partial charge >= 0.3 is 0 Å². The van der Waals surface area contributed by atoms with E-state index in [-0.39, 0.29) is 24.2 Å². The molecule has 0 aromatic heterocycles. The second-order valence-corrected chi connectivity index (χ2v) is 5.66. The minimum absolute atomic E-state index is 0. The molecular weight excluding hydrogens is 354 g/mol. The van der Waals surface area contributed by atoms with Gasteiger partial charge in [0.1, 0.15) is 5.75 Å². The molecular formula is C19H24ClN3O3. The highest BCUT2D eigenvalue weighted by Gasteiger charge is 2.18. The minimum atomic E-state index is -0.707. The first-order valence-corrected chi connectivity index (χ1v) is 8.12. The second-order valence-electron chi connectivity index (χ2n) is 5.66. The number of anilines is 1. The normalized spacial score (nSPS) is 11.0. The number of ether oxygens (including phenoxy) is 1. The zero-order valence-electron chi connectivity index (χ0n) is 14.8. The molecule has 0 bridgehead atoms. The molecule has 2 aromatic rings. The van der Waals surface area contributed by atoms with Gasteiger partial charge in [0, 0.05) is 13.1 Å². The van der Waals surface area contributed by atoms with Crippen LogP contribution >= 0.6 is 12.4 Å². The van der Waals surface area contributed by atoms with Gasteiger partial charge in [-0.25, -0.2) is 0 Å². The van der Waals surface area contributed by atoms with Crippen LogP contribution in [0.4, 0.5) is 5.69 Å². The van der Waals surface area contributed by atoms with Gasteiger partial charge < -0.3 is 21.1 Å². The van der Waals surface area contributed by atoms with E-state index in [0.717, 1.165) is 5.56 Å². The number of hydrogen-bond acceptors (Lipinski definition) is 4. The summed E-state index contributed by atoms with van der Waals surface area (Å²) in [7, 11) is 0. The second kappa shape index (κ2) is 10.4. The Kier molecular flexibility index (Phi) is 8.61. The van der Waals surface area contributed by atoms with E-state index in [9.17, 15) is 9.59 Å². The van der Waals surface area contributed by atoms with Crippen LogP contribution in [0.1, 0.15) is 22.8 Å². The van der Waals surface area contributed by atoms with E-state index in [2.05, 4.69) is 10.6 Å². The van der Waals surface area contributed by atoms with Crippen LogP contribution in [0.25, 0.3) is 0 Å². The first-order valence-electron chi connectivity index (χ1n) is 8.12. The molecule has 0 fully saturated rings. The fourth-order valence-corrected chi connectivity index (χ4v) is 2.25. The lowest BCUT2D eigenvalue weighted by molar-refractivity contribution is -0.122. The van der Waals surface area contributed by atoms with E-state index in [1.807, 2.05) is 25.1 Å². The number of benzene rings is 2. The molecule has 0 saturated heterocycles. The highest BCUT2D eigenvalue weighted by molar-refractivity contribution is 6.04. The van der Waals surface area contributed by atoms with Gasteiger partial charge in [-0.1, -0.05) is 24.3 Å². The van der Waals surface area contributed by atoms with Crippen molar-refractivity contribution >= 4 is 29.9 Å². The number of halogens is 1. The van der Waals surface area contributed by atoms with Gasteiger partial charge in [0.25, 0.3) is 11.8 Å². The lowest BCUT2D eigenvalue weighted by atomic mass is 10.1. The molecule has 1 unspecified atom stereocenters. The number of aryl methyl sites for hydroxylation is 1. The van der Waals surface area contributed by atoms with Crippen LogP contribution in [0.15, 0.2) is 48.5 Å². The van der Waals surface area contributed by atoms with Gasteiger partial charge in [0.2, 0.25) is 0 Å². The van der Waals surface area contributed by atoms with Crippen molar-refractivity contribution in [2.24, 2.45) is 5.73 Å². The summed E-state index contributed by atoms with van der Waals surface area (Å²) in [6, 6.07) is 14.3. The Morgan fingerprint density at radius 3 is 2.58 bits per heavy atom. The number of amides is 2. The Balaban J connectivity index is 0.00000338. The lowest BCUT2D eigenvalue weighted by Gasteiger charge is -2.16. The third-order valence-electron chi connectivity index (χ3n) is 3.53. The molecule has 0 heterocycles. The third kappa shape index (κ3) is 6.06. The van der Waals surface area contributed by atoms with Crippen LogP contribution in [-0.2, 0) is 4.79 Å². The summed E-state index contributed by atoms with van der Waals surface area (Å²) < 4.78 is 5.67. The van der Waals surface area contributed by atoms with Crippen molar-refractivity contribution < 1.29 is 14.3 Å². The van der Waals surface area contributed by atoms with Crippen LogP contribution < -0.4 is 21.1 Å². The number of para-hydroxylation sites is 1. The molecule has 1 atom stereocenters. The highest BCUT2D eigenvalue weighted by Crippen LogP contribution is 2.17. The lowest BCUT2D eigenvalue weighted by Crippen LogP contribution is -2.32. The number of nitrogens with two attached hydrogens (primary N) is 1. The molecule has 7 heteroatoms. The van der Waals surface area contributed by atoms with Crippen LogP contribution in [0, 0.1) is 6.92 Å². The van der Waals surface area contributed by atoms with Gasteiger partial charge in [-0.3, -0.25) is 9.59 Å². The Hall–Kier alpha value is -2.57. The molecule has 4 N–H and O–H groups in total. The summed E-state index contributed by atoms with van der Waals surface area (Å²) in [6.07, 6.45) is -0.707. The average Bonchev–Trinajstić information content (AvgIpc) is 2.60. The molecule has 0 aliphatic carbocycles. The fraction of sp³-hybridized carbons (Fsp3) is 0.263. The van der Waals surface area contributed by atoms with E-state index in [1.165, 1.54) is 0 Å². The number of rotatable bonds is 7. The maximum Gasteiger partial charge on any atom is 0.265 e. The summed E-state index contributed by atoms with van der Waals surface area (Å²) in [6.45, 7) is 4.33. The summed E-state index contributed by atoms with van der Waals surface area (Å²) in [4.78, 5) is 24.6. The molecule has 6 nitrogen and oxygen atoms in total. The van der Waals surface area contributed by atoms with Crippen LogP contribution in [-0.4, -0.2) is 31.0 Å². The van der Waals surface area contributed by atoms with Crippen molar-refractivity contribution in [1.82, 2.24) is 5.32 Å². The van der Waals surface area contributed by atoms with Gasteiger partial charge in [-0.2, -0.15) is 0 Å². The largest absolute Gasteiger partial charge is 0.481 e. The van der Waals surface area contributed by atoms with Crippen LogP contribution in [0.3, 0.4) is 0 Å². The topological polar surface area (TPSA) is 93.4 Å². The van der Waals surface area contributed by atoms with Crippen molar-refractivity contribution in [3.05, 3.63) is 59.7 Å². The maximum atomic E-state index is 12.4. The summed E-state index contributed by atoms with van der Waals surface area (Å²) in [5.41, 5.74) is 7.26. The van der Waals surface area contributed by atoms with Gasteiger partial charge in [0.05, 0.1) is 11.3 Å². The van der Waals surface area contributed by atoms with Gasteiger partial charge in [-0.15, -0.1) is 12.4 Å². The minimum Gasteiger partial charge on any atom is -0.481 e. The monoisotopic (exact) mass is 377 g/mol. The average molecular weight is 378 g/mol. The van der Waals surface area contributed by atoms with Gasteiger partial charge in [0.15, 0.2) is 6.10 Å². The Morgan fingerprint density at radius 2 is 1.88 bits per heavy atom. The van der Waals surface area contributed by atoms with Crippen LogP contribution in [0.5, 0.6) is 5.75 Å². The van der Waals surface area contributed by atoms with E-state index < -0.39 is 6.10 Å². The van der Waals surface area contributed by atoms with Crippen LogP contribution in [0.2, 0.25) is 0 Å². The van der Waals surface area contributed by atoms with E-state index in [1.54, 1.807) is 37.3 Å². The predicted octanol–water partition coefficient (Wildman–Crippen LogP) is 2.51. The highest BCUT2D eigenvalue weighted by atomic mass is 35.5. The molecule has 2 aromatic carbocycles. The smallest absolute Gasteiger partial charge is 0.265 e. The van der Waals surface area contributed by atoms with Crippen molar-refractivity contribution in [2.75, 3.05) is 18.4 Å². The predicted molar refractivity (Wildman–Crippen MR) is 105 cm³/mol. The summed E-state index contributed by atoms with van der Waals surface area (Å²) >= 11 is 0. The van der Waals surface area contributed by atoms with Crippen molar-refractivity contribution in [3.63, 3.8) is 0 Å². The SMILES string of the molecule is Cc1cccc(OC(C)C(=O)Nc2ccccc2C(=O)NCCN)c1.Cl. The quantitative estimate of drug-likeness (QED) is 0.691. The van der Waals surface area contributed by atoms with Crippen molar-refractivity contribution in [2.45, 2.75) is 20.0 Å². The number of carbonyl (C=O) groups is 2. The summed E-state index contributed by atoms with van der Waals surface area (Å²) in [5.74, 6) is 0.00538. The zero-order valence-corrected chi connectivity index (χ0v) is 15.6. The zero-order chi connectivity index (χ0) is 18.2. The Morgan fingerprint density at radius 1 is 1.15 bits per heavy atom. The molecule has 140 valence electrons. The fourth-order valence-electron chi connectivity index (χ4n) is 2.25. The standard InChI is InChI=1S/C19H23N3O3.ClH/c1-13-6-5-7-15(12-13)25-14(2)18(23)22-17-9-4-3-8-16(17)19(24)21-11-10-20;/h3-9,12,14H,10-11,20H2,1-2H3,(H,21,24)(H,22,23);1H. The molecule has 0 saturated carbocycles.